The van der Waals surface area contributed by atoms with Crippen LogP contribution in [0.5, 0.6) is 0 Å². The van der Waals surface area contributed by atoms with Gasteiger partial charge in [0.2, 0.25) is 0 Å². The van der Waals surface area contributed by atoms with Gasteiger partial charge in [0.25, 0.3) is 5.91 Å². The summed E-state index contributed by atoms with van der Waals surface area (Å²) in [5.41, 5.74) is 1.62. The average molecular weight is 365 g/mol. The van der Waals surface area contributed by atoms with E-state index in [4.69, 9.17) is 23.2 Å². The topological polar surface area (TPSA) is 59.3 Å². The summed E-state index contributed by atoms with van der Waals surface area (Å²) in [7, 11) is 0. The lowest BCUT2D eigenvalue weighted by molar-refractivity contribution is -0.141. The summed E-state index contributed by atoms with van der Waals surface area (Å²) < 4.78 is 38.0. The number of rotatable bonds is 4. The summed E-state index contributed by atoms with van der Waals surface area (Å²) in [5.74, 6) is -0.636. The first-order chi connectivity index (χ1) is 10.8. The second-order valence-corrected chi connectivity index (χ2v) is 5.20. The lowest BCUT2D eigenvalue weighted by atomic mass is 10.2. The summed E-state index contributed by atoms with van der Waals surface area (Å²) in [4.78, 5) is 11.6. The maximum atomic E-state index is 12.4. The van der Waals surface area contributed by atoms with Crippen molar-refractivity contribution in [3.05, 3.63) is 51.8 Å². The molecular weight excluding hydrogens is 356 g/mol. The van der Waals surface area contributed by atoms with Crippen LogP contribution in [0.4, 0.5) is 13.2 Å². The molecule has 1 aromatic carbocycles. The van der Waals surface area contributed by atoms with Gasteiger partial charge in [0.1, 0.15) is 6.54 Å². The SMILES string of the molecule is O=C(Cn1ccc(C(F)(F)F)n1)N/N=C\c1ccc(Cl)cc1Cl. The first kappa shape index (κ1) is 17.3. The third kappa shape index (κ3) is 4.97. The van der Waals surface area contributed by atoms with Crippen LogP contribution < -0.4 is 5.43 Å². The Morgan fingerprint density at radius 3 is 2.70 bits per heavy atom. The third-order valence-electron chi connectivity index (χ3n) is 2.59. The van der Waals surface area contributed by atoms with Crippen molar-refractivity contribution in [1.82, 2.24) is 15.2 Å². The van der Waals surface area contributed by atoms with E-state index in [1.54, 1.807) is 12.1 Å². The predicted molar refractivity (Wildman–Crippen MR) is 79.4 cm³/mol. The molecule has 0 bridgehead atoms. The van der Waals surface area contributed by atoms with Gasteiger partial charge >= 0.3 is 6.18 Å². The van der Waals surface area contributed by atoms with E-state index in [0.717, 1.165) is 16.9 Å². The summed E-state index contributed by atoms with van der Waals surface area (Å²) >= 11 is 11.6. The highest BCUT2D eigenvalue weighted by molar-refractivity contribution is 6.36. The number of hydrogen-bond acceptors (Lipinski definition) is 3. The lowest BCUT2D eigenvalue weighted by Gasteiger charge is -2.02. The van der Waals surface area contributed by atoms with Gasteiger partial charge in [-0.2, -0.15) is 23.4 Å². The summed E-state index contributed by atoms with van der Waals surface area (Å²) in [6.07, 6.45) is -2.20. The van der Waals surface area contributed by atoms with E-state index in [9.17, 15) is 18.0 Å². The normalized spacial score (nSPS) is 11.9. The number of alkyl halides is 3. The number of amides is 1. The van der Waals surface area contributed by atoms with E-state index in [2.05, 4.69) is 15.6 Å². The van der Waals surface area contributed by atoms with Crippen LogP contribution >= 0.6 is 23.2 Å². The van der Waals surface area contributed by atoms with Crippen LogP contribution in [-0.4, -0.2) is 21.9 Å². The van der Waals surface area contributed by atoms with Gasteiger partial charge in [-0.1, -0.05) is 29.3 Å². The second kappa shape index (κ2) is 7.01. The number of hydrogen-bond donors (Lipinski definition) is 1. The van der Waals surface area contributed by atoms with Gasteiger partial charge in [-0.25, -0.2) is 5.43 Å². The van der Waals surface area contributed by atoms with Crippen LogP contribution in [0.2, 0.25) is 10.0 Å². The minimum absolute atomic E-state index is 0.345. The molecular formula is C13H9Cl2F3N4O. The van der Waals surface area contributed by atoms with Crippen LogP contribution in [0, 0.1) is 0 Å². The molecule has 0 saturated carbocycles. The van der Waals surface area contributed by atoms with E-state index >= 15 is 0 Å². The molecule has 2 aromatic rings. The highest BCUT2D eigenvalue weighted by Crippen LogP contribution is 2.27. The van der Waals surface area contributed by atoms with Crippen molar-refractivity contribution < 1.29 is 18.0 Å². The Morgan fingerprint density at radius 1 is 1.35 bits per heavy atom. The number of nitrogens with zero attached hydrogens (tertiary/aromatic N) is 3. The number of carbonyl (C=O) groups is 1. The van der Waals surface area contributed by atoms with Gasteiger partial charge in [-0.3, -0.25) is 9.48 Å². The third-order valence-corrected chi connectivity index (χ3v) is 3.15. The number of nitrogens with one attached hydrogen (secondary N) is 1. The number of aromatic nitrogens is 2. The molecule has 1 heterocycles. The van der Waals surface area contributed by atoms with Crippen LogP contribution in [-0.2, 0) is 17.5 Å². The molecule has 0 unspecified atom stereocenters. The molecule has 0 aliphatic carbocycles. The summed E-state index contributed by atoms with van der Waals surface area (Å²) in [6.45, 7) is -0.401. The minimum Gasteiger partial charge on any atom is -0.271 e. The molecule has 0 saturated heterocycles. The predicted octanol–water partition coefficient (Wildman–Crippen LogP) is 3.36. The van der Waals surface area contributed by atoms with Crippen LogP contribution in [0.25, 0.3) is 0 Å². The van der Waals surface area contributed by atoms with Crippen molar-refractivity contribution >= 4 is 35.3 Å². The van der Waals surface area contributed by atoms with Crippen molar-refractivity contribution in [2.75, 3.05) is 0 Å². The van der Waals surface area contributed by atoms with E-state index in [0.29, 0.717) is 15.6 Å². The van der Waals surface area contributed by atoms with Gasteiger partial charge in [-0.05, 0) is 18.2 Å². The molecule has 0 fully saturated rings. The first-order valence-electron chi connectivity index (χ1n) is 6.13. The maximum absolute atomic E-state index is 12.4. The van der Waals surface area contributed by atoms with E-state index in [1.165, 1.54) is 12.3 Å². The highest BCUT2D eigenvalue weighted by atomic mass is 35.5. The second-order valence-electron chi connectivity index (χ2n) is 4.36. The zero-order chi connectivity index (χ0) is 17.0. The van der Waals surface area contributed by atoms with Gasteiger partial charge in [0.15, 0.2) is 5.69 Å². The quantitative estimate of drug-likeness (QED) is 0.667. The van der Waals surface area contributed by atoms with E-state index in [-0.39, 0.29) is 0 Å². The number of benzene rings is 1. The maximum Gasteiger partial charge on any atom is 0.435 e. The Kier molecular flexibility index (Phi) is 5.27. The highest BCUT2D eigenvalue weighted by Gasteiger charge is 2.33. The Balaban J connectivity index is 1.92. The fraction of sp³-hybridized carbons (Fsp3) is 0.154. The van der Waals surface area contributed by atoms with Gasteiger partial charge in [0, 0.05) is 16.8 Å². The zero-order valence-corrected chi connectivity index (χ0v) is 12.8. The molecule has 0 radical (unpaired) electrons. The van der Waals surface area contributed by atoms with E-state index < -0.39 is 24.3 Å². The molecule has 2 rings (SSSR count). The molecule has 5 nitrogen and oxygen atoms in total. The van der Waals surface area contributed by atoms with Crippen molar-refractivity contribution in [2.45, 2.75) is 12.7 Å². The number of hydrazone groups is 1. The Morgan fingerprint density at radius 2 is 2.09 bits per heavy atom. The average Bonchev–Trinajstić information content (AvgIpc) is 2.89. The van der Waals surface area contributed by atoms with E-state index in [1.807, 2.05) is 0 Å². The Hall–Kier alpha value is -2.06. The number of carbonyl (C=O) groups excluding carboxylic acids is 1. The van der Waals surface area contributed by atoms with Crippen LogP contribution in [0.15, 0.2) is 35.6 Å². The monoisotopic (exact) mass is 364 g/mol. The molecule has 1 amide bonds. The fourth-order valence-corrected chi connectivity index (χ4v) is 2.02. The molecule has 1 N–H and O–H groups in total. The molecule has 0 aliphatic rings. The molecule has 0 aliphatic heterocycles. The van der Waals surface area contributed by atoms with Crippen molar-refractivity contribution in [3.63, 3.8) is 0 Å². The first-order valence-corrected chi connectivity index (χ1v) is 6.89. The smallest absolute Gasteiger partial charge is 0.271 e. The van der Waals surface area contributed by atoms with Crippen LogP contribution in [0.3, 0.4) is 0 Å². The van der Waals surface area contributed by atoms with Crippen molar-refractivity contribution in [2.24, 2.45) is 5.10 Å². The van der Waals surface area contributed by atoms with Crippen molar-refractivity contribution in [3.8, 4) is 0 Å². The number of halogens is 5. The minimum atomic E-state index is -4.55. The lowest BCUT2D eigenvalue weighted by Crippen LogP contribution is -2.23. The zero-order valence-electron chi connectivity index (χ0n) is 11.3. The van der Waals surface area contributed by atoms with Gasteiger partial charge in [-0.15, -0.1) is 0 Å². The van der Waals surface area contributed by atoms with Crippen molar-refractivity contribution in [1.29, 1.82) is 0 Å². The Bertz CT molecular complexity index is 743. The fourth-order valence-electron chi connectivity index (χ4n) is 1.56. The van der Waals surface area contributed by atoms with Crippen LogP contribution in [0.1, 0.15) is 11.3 Å². The molecule has 1 aromatic heterocycles. The molecule has 122 valence electrons. The largest absolute Gasteiger partial charge is 0.435 e. The summed E-state index contributed by atoms with van der Waals surface area (Å²) in [6, 6.07) is 5.49. The summed E-state index contributed by atoms with van der Waals surface area (Å²) in [5, 5.41) is 7.72. The van der Waals surface area contributed by atoms with Gasteiger partial charge in [0.05, 0.1) is 11.2 Å². The molecule has 23 heavy (non-hydrogen) atoms. The molecule has 10 heteroatoms. The van der Waals surface area contributed by atoms with Gasteiger partial charge < -0.3 is 0 Å². The Labute approximate surface area is 138 Å². The molecule has 0 spiro atoms. The molecule has 0 atom stereocenters. The standard InChI is InChI=1S/C13H9Cl2F3N4O/c14-9-2-1-8(10(15)5-9)6-19-20-12(23)7-22-4-3-11(21-22)13(16,17)18/h1-6H,7H2,(H,20,23)/b19-6-.